The van der Waals surface area contributed by atoms with Crippen LogP contribution < -0.4 is 10.6 Å². The van der Waals surface area contributed by atoms with Crippen molar-refractivity contribution in [1.82, 2.24) is 4.90 Å². The van der Waals surface area contributed by atoms with Crippen LogP contribution in [-0.4, -0.2) is 49.6 Å². The molecule has 0 radical (unpaired) electrons. The maximum absolute atomic E-state index is 12.3. The number of benzene rings is 2. The molecular formula is C19H20ClN3O3. The molecule has 0 spiro atoms. The summed E-state index contributed by atoms with van der Waals surface area (Å²) in [6, 6.07) is 13.7. The van der Waals surface area contributed by atoms with Gasteiger partial charge in [-0.15, -0.1) is 0 Å². The van der Waals surface area contributed by atoms with Gasteiger partial charge in [0.25, 0.3) is 5.91 Å². The van der Waals surface area contributed by atoms with Gasteiger partial charge in [-0.1, -0.05) is 17.7 Å². The zero-order valence-corrected chi connectivity index (χ0v) is 15.0. The number of carbonyl (C=O) groups excluding carboxylic acids is 2. The van der Waals surface area contributed by atoms with Gasteiger partial charge in [-0.25, -0.2) is 0 Å². The Labute approximate surface area is 157 Å². The van der Waals surface area contributed by atoms with Crippen molar-refractivity contribution in [2.45, 2.75) is 0 Å². The number of halogens is 1. The molecule has 7 heteroatoms. The molecule has 2 amide bonds. The van der Waals surface area contributed by atoms with Gasteiger partial charge in [0.15, 0.2) is 0 Å². The Balaban J connectivity index is 1.57. The molecule has 1 heterocycles. The predicted molar refractivity (Wildman–Crippen MR) is 102 cm³/mol. The Morgan fingerprint density at radius 3 is 2.35 bits per heavy atom. The Bertz CT molecular complexity index is 774. The van der Waals surface area contributed by atoms with Gasteiger partial charge in [0, 0.05) is 35.1 Å². The molecule has 0 atom stereocenters. The average molecular weight is 374 g/mol. The minimum absolute atomic E-state index is 0.0897. The second-order valence-electron chi connectivity index (χ2n) is 5.98. The lowest BCUT2D eigenvalue weighted by Crippen LogP contribution is -2.41. The van der Waals surface area contributed by atoms with Gasteiger partial charge in [-0.2, -0.15) is 0 Å². The smallest absolute Gasteiger partial charge is 0.255 e. The fourth-order valence-electron chi connectivity index (χ4n) is 2.64. The third-order valence-electron chi connectivity index (χ3n) is 3.98. The highest BCUT2D eigenvalue weighted by molar-refractivity contribution is 6.30. The molecular weight excluding hydrogens is 354 g/mol. The lowest BCUT2D eigenvalue weighted by atomic mass is 10.2. The molecule has 2 aromatic rings. The largest absolute Gasteiger partial charge is 0.379 e. The number of nitrogens with one attached hydrogen (secondary N) is 2. The number of anilines is 2. The highest BCUT2D eigenvalue weighted by atomic mass is 35.5. The molecule has 26 heavy (non-hydrogen) atoms. The van der Waals surface area contributed by atoms with Gasteiger partial charge in [-0.3, -0.25) is 14.5 Å². The van der Waals surface area contributed by atoms with Gasteiger partial charge < -0.3 is 15.4 Å². The minimum Gasteiger partial charge on any atom is -0.379 e. The first-order valence-corrected chi connectivity index (χ1v) is 8.75. The zero-order valence-electron chi connectivity index (χ0n) is 14.2. The number of amides is 2. The number of carbonyl (C=O) groups is 2. The average Bonchev–Trinajstić information content (AvgIpc) is 2.63. The molecule has 6 nitrogen and oxygen atoms in total. The van der Waals surface area contributed by atoms with Gasteiger partial charge in [0.2, 0.25) is 5.91 Å². The maximum atomic E-state index is 12.3. The highest BCUT2D eigenvalue weighted by Crippen LogP contribution is 2.17. The van der Waals surface area contributed by atoms with Crippen LogP contribution in [-0.2, 0) is 9.53 Å². The van der Waals surface area contributed by atoms with E-state index < -0.39 is 0 Å². The molecule has 3 rings (SSSR count). The van der Waals surface area contributed by atoms with Crippen molar-refractivity contribution in [1.29, 1.82) is 0 Å². The van der Waals surface area contributed by atoms with Crippen LogP contribution >= 0.6 is 11.6 Å². The van der Waals surface area contributed by atoms with Crippen molar-refractivity contribution in [3.63, 3.8) is 0 Å². The molecule has 0 aromatic heterocycles. The maximum Gasteiger partial charge on any atom is 0.255 e. The molecule has 1 aliphatic heterocycles. The summed E-state index contributed by atoms with van der Waals surface area (Å²) in [6.07, 6.45) is 0. The van der Waals surface area contributed by atoms with Crippen molar-refractivity contribution in [3.05, 3.63) is 59.1 Å². The van der Waals surface area contributed by atoms with Crippen molar-refractivity contribution < 1.29 is 14.3 Å². The Morgan fingerprint density at radius 2 is 1.65 bits per heavy atom. The van der Waals surface area contributed by atoms with E-state index in [1.54, 1.807) is 48.5 Å². The number of nitrogens with zero attached hydrogens (tertiary/aromatic N) is 1. The summed E-state index contributed by atoms with van der Waals surface area (Å²) in [5.74, 6) is -0.327. The number of hydrogen-bond acceptors (Lipinski definition) is 4. The molecule has 2 N–H and O–H groups in total. The predicted octanol–water partition coefficient (Wildman–Crippen LogP) is 2.86. The van der Waals surface area contributed by atoms with Crippen LogP contribution in [0.25, 0.3) is 0 Å². The van der Waals surface area contributed by atoms with E-state index in [2.05, 4.69) is 10.6 Å². The monoisotopic (exact) mass is 373 g/mol. The summed E-state index contributed by atoms with van der Waals surface area (Å²) in [7, 11) is 0. The van der Waals surface area contributed by atoms with Crippen molar-refractivity contribution in [3.8, 4) is 0 Å². The van der Waals surface area contributed by atoms with Crippen LogP contribution in [0, 0.1) is 0 Å². The standard InChI is InChI=1S/C19H20ClN3O3/c20-15-6-4-14(5-7-15)19(25)22-17-3-1-2-16(12-17)21-18(24)13-23-8-10-26-11-9-23/h1-7,12H,8-11,13H2,(H,21,24)(H,22,25). The summed E-state index contributed by atoms with van der Waals surface area (Å²) in [6.45, 7) is 3.14. The summed E-state index contributed by atoms with van der Waals surface area (Å²) in [5.41, 5.74) is 1.75. The van der Waals surface area contributed by atoms with Crippen molar-refractivity contribution >= 4 is 34.8 Å². The molecule has 1 fully saturated rings. The molecule has 2 aromatic carbocycles. The fourth-order valence-corrected chi connectivity index (χ4v) is 2.77. The third kappa shape index (κ3) is 5.29. The zero-order chi connectivity index (χ0) is 18.4. The van der Waals surface area contributed by atoms with Gasteiger partial charge in [0.05, 0.1) is 19.8 Å². The lowest BCUT2D eigenvalue weighted by Gasteiger charge is -2.25. The van der Waals surface area contributed by atoms with E-state index in [1.807, 2.05) is 4.90 Å². The van der Waals surface area contributed by atoms with Crippen LogP contribution in [0.5, 0.6) is 0 Å². The molecule has 0 saturated carbocycles. The third-order valence-corrected chi connectivity index (χ3v) is 4.23. The van der Waals surface area contributed by atoms with E-state index in [0.717, 1.165) is 13.1 Å². The normalized spacial score (nSPS) is 14.7. The van der Waals surface area contributed by atoms with Crippen LogP contribution in [0.2, 0.25) is 5.02 Å². The topological polar surface area (TPSA) is 70.7 Å². The summed E-state index contributed by atoms with van der Waals surface area (Å²) in [4.78, 5) is 26.5. The van der Waals surface area contributed by atoms with E-state index in [4.69, 9.17) is 16.3 Å². The van der Waals surface area contributed by atoms with E-state index in [0.29, 0.717) is 41.7 Å². The Morgan fingerprint density at radius 1 is 1.00 bits per heavy atom. The lowest BCUT2D eigenvalue weighted by molar-refractivity contribution is -0.118. The second-order valence-corrected chi connectivity index (χ2v) is 6.41. The first kappa shape index (κ1) is 18.4. The van der Waals surface area contributed by atoms with E-state index in [1.165, 1.54) is 0 Å². The SMILES string of the molecule is O=C(CN1CCOCC1)Nc1cccc(NC(=O)c2ccc(Cl)cc2)c1. The number of rotatable bonds is 5. The van der Waals surface area contributed by atoms with Gasteiger partial charge in [-0.05, 0) is 42.5 Å². The molecule has 0 aliphatic carbocycles. The number of ether oxygens (including phenoxy) is 1. The van der Waals surface area contributed by atoms with E-state index >= 15 is 0 Å². The summed E-state index contributed by atoms with van der Waals surface area (Å²) >= 11 is 5.83. The van der Waals surface area contributed by atoms with E-state index in [9.17, 15) is 9.59 Å². The molecule has 1 saturated heterocycles. The van der Waals surface area contributed by atoms with E-state index in [-0.39, 0.29) is 11.8 Å². The first-order chi connectivity index (χ1) is 12.6. The summed E-state index contributed by atoms with van der Waals surface area (Å²) < 4.78 is 5.27. The summed E-state index contributed by atoms with van der Waals surface area (Å²) in [5, 5.41) is 6.25. The van der Waals surface area contributed by atoms with Gasteiger partial charge in [0.1, 0.15) is 0 Å². The van der Waals surface area contributed by atoms with Crippen LogP contribution in [0.3, 0.4) is 0 Å². The second kappa shape index (κ2) is 8.80. The molecule has 1 aliphatic rings. The Hall–Kier alpha value is -2.41. The highest BCUT2D eigenvalue weighted by Gasteiger charge is 2.14. The number of morpholine rings is 1. The van der Waals surface area contributed by atoms with Gasteiger partial charge >= 0.3 is 0 Å². The Kier molecular flexibility index (Phi) is 6.22. The molecule has 0 bridgehead atoms. The van der Waals surface area contributed by atoms with Crippen LogP contribution in [0.4, 0.5) is 11.4 Å². The van der Waals surface area contributed by atoms with Crippen molar-refractivity contribution in [2.75, 3.05) is 43.5 Å². The quantitative estimate of drug-likeness (QED) is 0.845. The number of hydrogen-bond donors (Lipinski definition) is 2. The fraction of sp³-hybridized carbons (Fsp3) is 0.263. The van der Waals surface area contributed by atoms with Crippen LogP contribution in [0.1, 0.15) is 10.4 Å². The first-order valence-electron chi connectivity index (χ1n) is 8.37. The minimum atomic E-state index is -0.238. The van der Waals surface area contributed by atoms with Crippen molar-refractivity contribution in [2.24, 2.45) is 0 Å². The molecule has 0 unspecified atom stereocenters. The molecule has 136 valence electrons. The van der Waals surface area contributed by atoms with Crippen LogP contribution in [0.15, 0.2) is 48.5 Å².